The molecule has 2 rings (SSSR count). The highest BCUT2D eigenvalue weighted by Gasteiger charge is 2.40. The van der Waals surface area contributed by atoms with Gasteiger partial charge in [0.05, 0.1) is 18.3 Å². The first-order chi connectivity index (χ1) is 5.31. The molecule has 0 aromatic rings. The van der Waals surface area contributed by atoms with Crippen molar-refractivity contribution in [2.75, 3.05) is 19.7 Å². The van der Waals surface area contributed by atoms with Crippen LogP contribution in [0.2, 0.25) is 0 Å². The first kappa shape index (κ1) is 7.53. The van der Waals surface area contributed by atoms with Gasteiger partial charge < -0.3 is 15.2 Å². The maximum atomic E-state index is 9.30. The number of rotatable bonds is 0. The van der Waals surface area contributed by atoms with Crippen molar-refractivity contribution in [3.63, 3.8) is 0 Å². The summed E-state index contributed by atoms with van der Waals surface area (Å²) < 4.78 is 5.60. The molecule has 64 valence electrons. The molecule has 1 atom stereocenters. The number of nitrogens with one attached hydrogen (secondary N) is 1. The summed E-state index contributed by atoms with van der Waals surface area (Å²) in [6.07, 6.45) is 2.75. The van der Waals surface area contributed by atoms with Gasteiger partial charge in [0.15, 0.2) is 0 Å². The minimum atomic E-state index is -0.215. The summed E-state index contributed by atoms with van der Waals surface area (Å²) in [4.78, 5) is 0. The number of aliphatic hydroxyl groups excluding tert-OH is 1. The van der Waals surface area contributed by atoms with Crippen LogP contribution in [0.25, 0.3) is 0 Å². The molecule has 2 heterocycles. The quantitative estimate of drug-likeness (QED) is 0.515. The molecule has 1 unspecified atom stereocenters. The van der Waals surface area contributed by atoms with Crippen LogP contribution in [0, 0.1) is 0 Å². The van der Waals surface area contributed by atoms with Crippen LogP contribution in [0.4, 0.5) is 0 Å². The maximum absolute atomic E-state index is 9.30. The van der Waals surface area contributed by atoms with Crippen molar-refractivity contribution in [2.45, 2.75) is 31.0 Å². The number of piperidine rings is 1. The Balaban J connectivity index is 1.98. The molecule has 2 aliphatic rings. The third-order valence-electron chi connectivity index (χ3n) is 2.70. The van der Waals surface area contributed by atoms with Crippen molar-refractivity contribution in [3.05, 3.63) is 0 Å². The van der Waals surface area contributed by atoms with Crippen molar-refractivity contribution in [3.8, 4) is 0 Å². The second-order valence-corrected chi connectivity index (χ2v) is 3.60. The van der Waals surface area contributed by atoms with Crippen LogP contribution in [0.5, 0.6) is 0 Å². The molecule has 0 aromatic heterocycles. The van der Waals surface area contributed by atoms with Crippen molar-refractivity contribution in [1.29, 1.82) is 0 Å². The highest BCUT2D eigenvalue weighted by atomic mass is 16.5. The largest absolute Gasteiger partial charge is 0.391 e. The van der Waals surface area contributed by atoms with Crippen molar-refractivity contribution in [2.24, 2.45) is 0 Å². The van der Waals surface area contributed by atoms with Crippen LogP contribution >= 0.6 is 0 Å². The lowest BCUT2D eigenvalue weighted by atomic mass is 9.89. The Kier molecular flexibility index (Phi) is 1.87. The van der Waals surface area contributed by atoms with Gasteiger partial charge in [-0.05, 0) is 25.9 Å². The van der Waals surface area contributed by atoms with E-state index >= 15 is 0 Å². The third-order valence-corrected chi connectivity index (χ3v) is 2.70. The van der Waals surface area contributed by atoms with E-state index < -0.39 is 0 Å². The topological polar surface area (TPSA) is 41.5 Å². The first-order valence-electron chi connectivity index (χ1n) is 4.34. The molecule has 11 heavy (non-hydrogen) atoms. The third kappa shape index (κ3) is 1.41. The van der Waals surface area contributed by atoms with Crippen LogP contribution in [0.1, 0.15) is 19.3 Å². The predicted octanol–water partition coefficient (Wildman–Crippen LogP) is -0.110. The number of aliphatic hydroxyl groups is 1. The van der Waals surface area contributed by atoms with Crippen LogP contribution in [-0.4, -0.2) is 36.5 Å². The number of ether oxygens (including phenoxy) is 1. The van der Waals surface area contributed by atoms with E-state index in [1.807, 2.05) is 0 Å². The van der Waals surface area contributed by atoms with E-state index in [-0.39, 0.29) is 11.7 Å². The van der Waals surface area contributed by atoms with Gasteiger partial charge in [-0.2, -0.15) is 0 Å². The molecule has 0 aromatic carbocycles. The summed E-state index contributed by atoms with van der Waals surface area (Å²) in [5.74, 6) is 0. The Labute approximate surface area is 66.7 Å². The minimum Gasteiger partial charge on any atom is -0.391 e. The Morgan fingerprint density at radius 2 is 2.09 bits per heavy atom. The Hall–Kier alpha value is -0.120. The summed E-state index contributed by atoms with van der Waals surface area (Å²) in [5.41, 5.74) is 0.0324. The fourth-order valence-corrected chi connectivity index (χ4v) is 2.05. The highest BCUT2D eigenvalue weighted by Crippen LogP contribution is 2.33. The van der Waals surface area contributed by atoms with Crippen molar-refractivity contribution >= 4 is 0 Å². The number of hydrogen-bond acceptors (Lipinski definition) is 3. The van der Waals surface area contributed by atoms with Crippen LogP contribution in [0.15, 0.2) is 0 Å². The van der Waals surface area contributed by atoms with Gasteiger partial charge in [-0.1, -0.05) is 0 Å². The van der Waals surface area contributed by atoms with Crippen LogP contribution in [-0.2, 0) is 4.74 Å². The lowest BCUT2D eigenvalue weighted by Gasteiger charge is -2.32. The van der Waals surface area contributed by atoms with E-state index in [0.29, 0.717) is 6.61 Å². The second kappa shape index (κ2) is 2.73. The van der Waals surface area contributed by atoms with E-state index in [1.54, 1.807) is 0 Å². The Morgan fingerprint density at radius 3 is 2.64 bits per heavy atom. The molecule has 0 aliphatic carbocycles. The van der Waals surface area contributed by atoms with Gasteiger partial charge in [-0.15, -0.1) is 0 Å². The SMILES string of the molecule is OC1COC2(CCNCC2)C1. The van der Waals surface area contributed by atoms with E-state index in [0.717, 1.165) is 32.4 Å². The molecule has 2 N–H and O–H groups in total. The first-order valence-corrected chi connectivity index (χ1v) is 4.34. The smallest absolute Gasteiger partial charge is 0.0801 e. The van der Waals surface area contributed by atoms with Gasteiger partial charge >= 0.3 is 0 Å². The maximum Gasteiger partial charge on any atom is 0.0801 e. The highest BCUT2D eigenvalue weighted by molar-refractivity contribution is 4.92. The normalized spacial score (nSPS) is 36.3. The van der Waals surface area contributed by atoms with Crippen LogP contribution < -0.4 is 5.32 Å². The summed E-state index contributed by atoms with van der Waals surface area (Å²) in [6, 6.07) is 0. The molecule has 3 nitrogen and oxygen atoms in total. The molecule has 1 spiro atoms. The van der Waals surface area contributed by atoms with Gasteiger partial charge in [-0.25, -0.2) is 0 Å². The van der Waals surface area contributed by atoms with Crippen molar-refractivity contribution < 1.29 is 9.84 Å². The molecular weight excluding hydrogens is 142 g/mol. The molecule has 2 saturated heterocycles. The molecule has 2 fully saturated rings. The zero-order chi connectivity index (χ0) is 7.73. The zero-order valence-corrected chi connectivity index (χ0v) is 6.68. The average molecular weight is 157 g/mol. The van der Waals surface area contributed by atoms with E-state index in [2.05, 4.69) is 5.32 Å². The van der Waals surface area contributed by atoms with Gasteiger partial charge in [-0.3, -0.25) is 0 Å². The zero-order valence-electron chi connectivity index (χ0n) is 6.68. The lowest BCUT2D eigenvalue weighted by molar-refractivity contribution is -0.0209. The average Bonchev–Trinajstić information content (AvgIpc) is 2.34. The molecular formula is C8H15NO2. The number of hydrogen-bond donors (Lipinski definition) is 2. The van der Waals surface area contributed by atoms with Gasteiger partial charge in [0.1, 0.15) is 0 Å². The van der Waals surface area contributed by atoms with Gasteiger partial charge in [0.2, 0.25) is 0 Å². The summed E-state index contributed by atoms with van der Waals surface area (Å²) in [5, 5.41) is 12.6. The molecule has 2 aliphatic heterocycles. The van der Waals surface area contributed by atoms with E-state index in [4.69, 9.17) is 4.74 Å². The fourth-order valence-electron chi connectivity index (χ4n) is 2.05. The summed E-state index contributed by atoms with van der Waals surface area (Å²) >= 11 is 0. The van der Waals surface area contributed by atoms with Crippen LogP contribution in [0.3, 0.4) is 0 Å². The lowest BCUT2D eigenvalue weighted by Crippen LogP contribution is -2.41. The van der Waals surface area contributed by atoms with E-state index in [9.17, 15) is 5.11 Å². The fraction of sp³-hybridized carbons (Fsp3) is 1.00. The molecule has 0 saturated carbocycles. The Bertz CT molecular complexity index is 138. The molecule has 0 radical (unpaired) electrons. The summed E-state index contributed by atoms with van der Waals surface area (Å²) in [7, 11) is 0. The predicted molar refractivity (Wildman–Crippen MR) is 41.4 cm³/mol. The summed E-state index contributed by atoms with van der Waals surface area (Å²) in [6.45, 7) is 2.61. The molecule has 3 heteroatoms. The second-order valence-electron chi connectivity index (χ2n) is 3.60. The standard InChI is InChI=1S/C8H15NO2/c10-7-5-8(11-6-7)1-3-9-4-2-8/h7,9-10H,1-6H2. The van der Waals surface area contributed by atoms with Crippen molar-refractivity contribution in [1.82, 2.24) is 5.32 Å². The Morgan fingerprint density at radius 1 is 1.36 bits per heavy atom. The van der Waals surface area contributed by atoms with E-state index in [1.165, 1.54) is 0 Å². The van der Waals surface area contributed by atoms with Gasteiger partial charge in [0.25, 0.3) is 0 Å². The molecule has 0 bridgehead atoms. The van der Waals surface area contributed by atoms with Gasteiger partial charge in [0, 0.05) is 6.42 Å². The molecule has 0 amide bonds. The monoisotopic (exact) mass is 157 g/mol. The minimum absolute atomic E-state index is 0.0324.